The van der Waals surface area contributed by atoms with Crippen molar-refractivity contribution in [2.45, 2.75) is 5.22 Å². The van der Waals surface area contributed by atoms with Gasteiger partial charge >= 0.3 is 5.97 Å². The van der Waals surface area contributed by atoms with Crippen LogP contribution in [0.1, 0.15) is 0 Å². The minimum absolute atomic E-state index is 0.121. The molecule has 1 N–H and O–H groups in total. The lowest BCUT2D eigenvalue weighted by molar-refractivity contribution is -0.133. The predicted octanol–water partition coefficient (Wildman–Crippen LogP) is 2.57. The quantitative estimate of drug-likeness (QED) is 0.861. The zero-order valence-corrected chi connectivity index (χ0v) is 10.0. The molecule has 0 atom stereocenters. The van der Waals surface area contributed by atoms with Gasteiger partial charge in [-0.15, -0.1) is 0 Å². The van der Waals surface area contributed by atoms with Gasteiger partial charge in [0.05, 0.1) is 5.02 Å². The highest BCUT2D eigenvalue weighted by molar-refractivity contribution is 7.99. The summed E-state index contributed by atoms with van der Waals surface area (Å²) in [5.41, 5.74) is 0.653. The molecule has 1 aromatic carbocycles. The molecule has 2 rings (SSSR count). The molecule has 0 saturated carbocycles. The maximum atomic E-state index is 10.4. The van der Waals surface area contributed by atoms with E-state index in [0.717, 1.165) is 11.8 Å². The van der Waals surface area contributed by atoms with Gasteiger partial charge in [0.1, 0.15) is 5.75 Å². The first-order chi connectivity index (χ1) is 8.16. The Morgan fingerprint density at radius 3 is 2.94 bits per heavy atom. The molecule has 88 valence electrons. The van der Waals surface area contributed by atoms with E-state index in [1.807, 2.05) is 6.07 Å². The summed E-state index contributed by atoms with van der Waals surface area (Å²) >= 11 is 6.94. The van der Waals surface area contributed by atoms with Crippen LogP contribution in [0.5, 0.6) is 0 Å². The maximum absolute atomic E-state index is 10.4. The van der Waals surface area contributed by atoms with Gasteiger partial charge < -0.3 is 9.63 Å². The molecule has 0 radical (unpaired) electrons. The Bertz CT molecular complexity index is 544. The highest BCUT2D eigenvalue weighted by atomic mass is 35.5. The van der Waals surface area contributed by atoms with Gasteiger partial charge in [-0.05, 0) is 12.1 Å². The van der Waals surface area contributed by atoms with Gasteiger partial charge in [0, 0.05) is 5.56 Å². The smallest absolute Gasteiger partial charge is 0.314 e. The van der Waals surface area contributed by atoms with E-state index in [4.69, 9.17) is 21.2 Å². The molecule has 2 aromatic rings. The van der Waals surface area contributed by atoms with E-state index < -0.39 is 5.97 Å². The van der Waals surface area contributed by atoms with Crippen LogP contribution in [-0.4, -0.2) is 27.0 Å². The van der Waals surface area contributed by atoms with E-state index in [1.54, 1.807) is 18.2 Å². The second-order valence-electron chi connectivity index (χ2n) is 3.05. The molecule has 0 spiro atoms. The molecule has 0 fully saturated rings. The number of carbonyl (C=O) groups is 1. The second kappa shape index (κ2) is 5.20. The maximum Gasteiger partial charge on any atom is 0.314 e. The van der Waals surface area contributed by atoms with E-state index in [2.05, 4.69) is 10.1 Å². The number of carboxylic acids is 1. The van der Waals surface area contributed by atoms with Gasteiger partial charge in [0.25, 0.3) is 5.22 Å². The number of halogens is 1. The SMILES string of the molecule is O=C(O)CSc1nc(-c2ccccc2Cl)no1. The first kappa shape index (κ1) is 11.9. The predicted molar refractivity (Wildman–Crippen MR) is 63.1 cm³/mol. The number of rotatable bonds is 4. The highest BCUT2D eigenvalue weighted by Crippen LogP contribution is 2.26. The van der Waals surface area contributed by atoms with Crippen molar-refractivity contribution in [1.82, 2.24) is 10.1 Å². The van der Waals surface area contributed by atoms with Crippen LogP contribution in [0.15, 0.2) is 34.0 Å². The standard InChI is InChI=1S/C10H7ClN2O3S/c11-7-4-2-1-3-6(7)9-12-10(16-13-9)17-5-8(14)15/h1-4H,5H2,(H,14,15). The van der Waals surface area contributed by atoms with Crippen molar-refractivity contribution in [3.05, 3.63) is 29.3 Å². The summed E-state index contributed by atoms with van der Waals surface area (Å²) in [4.78, 5) is 14.4. The number of hydrogen-bond donors (Lipinski definition) is 1. The Hall–Kier alpha value is -1.53. The molecule has 0 aliphatic heterocycles. The Morgan fingerprint density at radius 1 is 1.47 bits per heavy atom. The van der Waals surface area contributed by atoms with E-state index in [0.29, 0.717) is 16.4 Å². The van der Waals surface area contributed by atoms with E-state index in [-0.39, 0.29) is 11.0 Å². The lowest BCUT2D eigenvalue weighted by atomic mass is 10.2. The summed E-state index contributed by atoms with van der Waals surface area (Å²) in [6, 6.07) is 7.09. The minimum Gasteiger partial charge on any atom is -0.481 e. The average Bonchev–Trinajstić information content (AvgIpc) is 2.75. The fourth-order valence-corrected chi connectivity index (χ4v) is 1.85. The molecule has 0 aliphatic rings. The largest absolute Gasteiger partial charge is 0.481 e. The summed E-state index contributed by atoms with van der Waals surface area (Å²) in [5, 5.41) is 13.0. The first-order valence-corrected chi connectivity index (χ1v) is 5.96. The van der Waals surface area contributed by atoms with E-state index >= 15 is 0 Å². The summed E-state index contributed by atoms with van der Waals surface area (Å²) in [6.45, 7) is 0. The monoisotopic (exact) mass is 270 g/mol. The summed E-state index contributed by atoms with van der Waals surface area (Å²) in [7, 11) is 0. The van der Waals surface area contributed by atoms with Crippen LogP contribution in [-0.2, 0) is 4.79 Å². The van der Waals surface area contributed by atoms with Crippen LogP contribution < -0.4 is 0 Å². The summed E-state index contributed by atoms with van der Waals surface area (Å²) in [5.74, 6) is -0.708. The molecule has 0 amide bonds. The molecule has 0 bridgehead atoms. The van der Waals surface area contributed by atoms with Crippen molar-refractivity contribution >= 4 is 29.3 Å². The second-order valence-corrected chi connectivity index (χ2v) is 4.38. The lowest BCUT2D eigenvalue weighted by Gasteiger charge is -1.95. The third-order valence-corrected chi connectivity index (χ3v) is 2.97. The molecule has 0 saturated heterocycles. The van der Waals surface area contributed by atoms with Gasteiger partial charge in [0.2, 0.25) is 5.82 Å². The summed E-state index contributed by atoms with van der Waals surface area (Å²) < 4.78 is 4.90. The van der Waals surface area contributed by atoms with E-state index in [1.165, 1.54) is 0 Å². The molecule has 17 heavy (non-hydrogen) atoms. The van der Waals surface area contributed by atoms with Crippen molar-refractivity contribution in [2.24, 2.45) is 0 Å². The normalized spacial score (nSPS) is 10.4. The number of aliphatic carboxylic acids is 1. The van der Waals surface area contributed by atoms with Crippen LogP contribution in [0.25, 0.3) is 11.4 Å². The number of hydrogen-bond acceptors (Lipinski definition) is 5. The van der Waals surface area contributed by atoms with Crippen LogP contribution >= 0.6 is 23.4 Å². The van der Waals surface area contributed by atoms with Gasteiger partial charge in [0.15, 0.2) is 0 Å². The van der Waals surface area contributed by atoms with Crippen molar-refractivity contribution in [3.63, 3.8) is 0 Å². The van der Waals surface area contributed by atoms with Crippen LogP contribution in [0.4, 0.5) is 0 Å². The number of benzene rings is 1. The van der Waals surface area contributed by atoms with Gasteiger partial charge in [-0.2, -0.15) is 4.98 Å². The van der Waals surface area contributed by atoms with Crippen molar-refractivity contribution in [2.75, 3.05) is 5.75 Å². The van der Waals surface area contributed by atoms with E-state index in [9.17, 15) is 4.79 Å². The lowest BCUT2D eigenvalue weighted by Crippen LogP contribution is -1.97. The van der Waals surface area contributed by atoms with Gasteiger partial charge in [-0.1, -0.05) is 40.7 Å². The summed E-state index contributed by atoms with van der Waals surface area (Å²) in [6.07, 6.45) is 0. The molecule has 0 unspecified atom stereocenters. The Labute approximate surface area is 106 Å². The van der Waals surface area contributed by atoms with Crippen LogP contribution in [0.3, 0.4) is 0 Å². The van der Waals surface area contributed by atoms with Crippen molar-refractivity contribution in [1.29, 1.82) is 0 Å². The van der Waals surface area contributed by atoms with Crippen LogP contribution in [0, 0.1) is 0 Å². The Balaban J connectivity index is 2.18. The molecule has 0 aliphatic carbocycles. The average molecular weight is 271 g/mol. The fraction of sp³-hybridized carbons (Fsp3) is 0.100. The number of nitrogens with zero attached hydrogens (tertiary/aromatic N) is 2. The zero-order chi connectivity index (χ0) is 12.3. The Kier molecular flexibility index (Phi) is 3.65. The Morgan fingerprint density at radius 2 is 2.24 bits per heavy atom. The van der Waals surface area contributed by atoms with Crippen LogP contribution in [0.2, 0.25) is 5.02 Å². The minimum atomic E-state index is -0.938. The molecule has 7 heteroatoms. The molecule has 5 nitrogen and oxygen atoms in total. The van der Waals surface area contributed by atoms with Crippen molar-refractivity contribution < 1.29 is 14.4 Å². The zero-order valence-electron chi connectivity index (χ0n) is 8.46. The molecular formula is C10H7ClN2O3S. The number of carboxylic acid groups (broad SMARTS) is 1. The third kappa shape index (κ3) is 2.98. The topological polar surface area (TPSA) is 76.2 Å². The van der Waals surface area contributed by atoms with Gasteiger partial charge in [-0.3, -0.25) is 4.79 Å². The van der Waals surface area contributed by atoms with Crippen molar-refractivity contribution in [3.8, 4) is 11.4 Å². The number of thioether (sulfide) groups is 1. The highest BCUT2D eigenvalue weighted by Gasteiger charge is 2.12. The molecular weight excluding hydrogens is 264 g/mol. The third-order valence-electron chi connectivity index (χ3n) is 1.84. The van der Waals surface area contributed by atoms with Gasteiger partial charge in [-0.25, -0.2) is 0 Å². The molecule has 1 heterocycles. The first-order valence-electron chi connectivity index (χ1n) is 4.60. The fourth-order valence-electron chi connectivity index (χ4n) is 1.14. The molecule has 1 aromatic heterocycles. The number of aromatic nitrogens is 2.